The van der Waals surface area contributed by atoms with Gasteiger partial charge in [0.2, 0.25) is 0 Å². The Bertz CT molecular complexity index is 409. The minimum atomic E-state index is 0.489. The molecule has 0 aromatic carbocycles. The number of pyridine rings is 1. The Morgan fingerprint density at radius 1 is 1.15 bits per heavy atom. The van der Waals surface area contributed by atoms with Crippen molar-refractivity contribution in [1.29, 1.82) is 0 Å². The number of nitrogens with zero attached hydrogens (tertiary/aromatic N) is 1. The van der Waals surface area contributed by atoms with Gasteiger partial charge in [-0.05, 0) is 31.4 Å². The van der Waals surface area contributed by atoms with E-state index in [1.807, 2.05) is 0 Å². The molecule has 0 saturated carbocycles. The summed E-state index contributed by atoms with van der Waals surface area (Å²) >= 11 is 0. The van der Waals surface area contributed by atoms with Gasteiger partial charge in [-0.2, -0.15) is 0 Å². The van der Waals surface area contributed by atoms with Crippen LogP contribution in [0.5, 0.6) is 0 Å². The third kappa shape index (κ3) is 5.12. The quantitative estimate of drug-likeness (QED) is 0.753. The van der Waals surface area contributed by atoms with E-state index in [0.29, 0.717) is 6.04 Å². The number of nitrogens with one attached hydrogen (secondary N) is 2. The standard InChI is InChI=1S/C17H31N3/c1-7-15(8-2)10-19-17-16(11-18-12(3)4)13(5)9-14(6)20-17/h9,12,15,18H,7-8,10-11H2,1-6H3,(H,19,20). The monoisotopic (exact) mass is 277 g/mol. The summed E-state index contributed by atoms with van der Waals surface area (Å²) in [7, 11) is 0. The molecule has 1 rings (SSSR count). The predicted molar refractivity (Wildman–Crippen MR) is 88.2 cm³/mol. The number of aryl methyl sites for hydroxylation is 2. The van der Waals surface area contributed by atoms with E-state index in [2.05, 4.69) is 58.2 Å². The van der Waals surface area contributed by atoms with Crippen LogP contribution in [-0.4, -0.2) is 17.6 Å². The molecule has 2 N–H and O–H groups in total. The average Bonchev–Trinajstić information content (AvgIpc) is 2.38. The maximum atomic E-state index is 4.70. The van der Waals surface area contributed by atoms with E-state index >= 15 is 0 Å². The lowest BCUT2D eigenvalue weighted by atomic mass is 10.0. The Kier molecular flexibility index (Phi) is 7.00. The summed E-state index contributed by atoms with van der Waals surface area (Å²) < 4.78 is 0. The molecule has 3 nitrogen and oxygen atoms in total. The van der Waals surface area contributed by atoms with Crippen molar-refractivity contribution >= 4 is 5.82 Å². The fraction of sp³-hybridized carbons (Fsp3) is 0.706. The van der Waals surface area contributed by atoms with Crippen molar-refractivity contribution in [3.8, 4) is 0 Å². The molecular weight excluding hydrogens is 246 g/mol. The second kappa shape index (κ2) is 8.25. The minimum Gasteiger partial charge on any atom is -0.370 e. The summed E-state index contributed by atoms with van der Waals surface area (Å²) in [4.78, 5) is 4.70. The highest BCUT2D eigenvalue weighted by Gasteiger charge is 2.11. The van der Waals surface area contributed by atoms with Gasteiger partial charge in [0.25, 0.3) is 0 Å². The summed E-state index contributed by atoms with van der Waals surface area (Å²) in [5, 5.41) is 7.07. The van der Waals surface area contributed by atoms with Crippen molar-refractivity contribution in [2.45, 2.75) is 67.0 Å². The Morgan fingerprint density at radius 2 is 1.80 bits per heavy atom. The van der Waals surface area contributed by atoms with Crippen LogP contribution in [0.1, 0.15) is 57.4 Å². The topological polar surface area (TPSA) is 37.0 Å². The molecule has 1 aromatic rings. The van der Waals surface area contributed by atoms with Crippen LogP contribution in [0.2, 0.25) is 0 Å². The molecule has 0 aliphatic carbocycles. The highest BCUT2D eigenvalue weighted by atomic mass is 15.0. The molecule has 0 aliphatic rings. The fourth-order valence-corrected chi connectivity index (χ4v) is 2.36. The summed E-state index contributed by atoms with van der Waals surface area (Å²) in [5.41, 5.74) is 3.70. The third-order valence-electron chi connectivity index (χ3n) is 3.88. The molecule has 0 aliphatic heterocycles. The Hall–Kier alpha value is -1.09. The normalized spacial score (nSPS) is 11.4. The largest absolute Gasteiger partial charge is 0.370 e. The van der Waals surface area contributed by atoms with Gasteiger partial charge in [-0.15, -0.1) is 0 Å². The molecule has 1 heterocycles. The molecule has 0 fully saturated rings. The van der Waals surface area contributed by atoms with E-state index in [4.69, 9.17) is 4.98 Å². The molecule has 0 bridgehead atoms. The average molecular weight is 277 g/mol. The van der Waals surface area contributed by atoms with E-state index in [1.165, 1.54) is 24.0 Å². The molecule has 20 heavy (non-hydrogen) atoms. The summed E-state index contributed by atoms with van der Waals surface area (Å²) in [6, 6.07) is 2.65. The van der Waals surface area contributed by atoms with Crippen LogP contribution in [0.25, 0.3) is 0 Å². The van der Waals surface area contributed by atoms with Crippen molar-refractivity contribution in [2.24, 2.45) is 5.92 Å². The third-order valence-corrected chi connectivity index (χ3v) is 3.88. The van der Waals surface area contributed by atoms with Crippen LogP contribution >= 0.6 is 0 Å². The number of rotatable bonds is 8. The zero-order valence-corrected chi connectivity index (χ0v) is 14.0. The molecule has 0 unspecified atom stereocenters. The van der Waals surface area contributed by atoms with Crippen molar-refractivity contribution in [3.63, 3.8) is 0 Å². The summed E-state index contributed by atoms with van der Waals surface area (Å²) in [6.45, 7) is 15.0. The SMILES string of the molecule is CCC(CC)CNc1nc(C)cc(C)c1CNC(C)C. The van der Waals surface area contributed by atoms with E-state index in [1.54, 1.807) is 0 Å². The molecule has 0 atom stereocenters. The number of hydrogen-bond donors (Lipinski definition) is 2. The van der Waals surface area contributed by atoms with Gasteiger partial charge < -0.3 is 10.6 Å². The van der Waals surface area contributed by atoms with Crippen molar-refractivity contribution < 1.29 is 0 Å². The molecule has 3 heteroatoms. The van der Waals surface area contributed by atoms with Gasteiger partial charge in [0.15, 0.2) is 0 Å². The van der Waals surface area contributed by atoms with Crippen LogP contribution in [-0.2, 0) is 6.54 Å². The number of aromatic nitrogens is 1. The van der Waals surface area contributed by atoms with Gasteiger partial charge in [-0.25, -0.2) is 4.98 Å². The first-order valence-electron chi connectivity index (χ1n) is 7.92. The van der Waals surface area contributed by atoms with Gasteiger partial charge in [-0.1, -0.05) is 40.5 Å². The molecule has 0 radical (unpaired) electrons. The molecule has 114 valence electrons. The first-order chi connectivity index (χ1) is 9.47. The minimum absolute atomic E-state index is 0.489. The predicted octanol–water partition coefficient (Wildman–Crippen LogP) is 4.04. The van der Waals surface area contributed by atoms with Gasteiger partial charge in [-0.3, -0.25) is 0 Å². The van der Waals surface area contributed by atoms with Crippen LogP contribution in [0.4, 0.5) is 5.82 Å². The maximum Gasteiger partial charge on any atom is 0.131 e. The lowest BCUT2D eigenvalue weighted by molar-refractivity contribution is 0.517. The highest BCUT2D eigenvalue weighted by Crippen LogP contribution is 2.20. The second-order valence-electron chi connectivity index (χ2n) is 6.01. The molecule has 0 spiro atoms. The molecule has 0 amide bonds. The van der Waals surface area contributed by atoms with Crippen molar-refractivity contribution in [3.05, 3.63) is 22.9 Å². The van der Waals surface area contributed by atoms with Gasteiger partial charge in [0.1, 0.15) is 5.82 Å². The van der Waals surface area contributed by atoms with Gasteiger partial charge >= 0.3 is 0 Å². The van der Waals surface area contributed by atoms with Crippen LogP contribution in [0, 0.1) is 19.8 Å². The Labute approximate surface area is 124 Å². The number of anilines is 1. The van der Waals surface area contributed by atoms with Crippen molar-refractivity contribution in [2.75, 3.05) is 11.9 Å². The van der Waals surface area contributed by atoms with E-state index in [0.717, 1.165) is 30.5 Å². The zero-order chi connectivity index (χ0) is 15.1. The number of hydrogen-bond acceptors (Lipinski definition) is 3. The van der Waals surface area contributed by atoms with Crippen LogP contribution in [0.15, 0.2) is 6.07 Å². The lowest BCUT2D eigenvalue weighted by Gasteiger charge is -2.19. The van der Waals surface area contributed by atoms with E-state index in [9.17, 15) is 0 Å². The first kappa shape index (κ1) is 17.0. The molecule has 0 saturated heterocycles. The van der Waals surface area contributed by atoms with E-state index in [-0.39, 0.29) is 0 Å². The van der Waals surface area contributed by atoms with Crippen LogP contribution < -0.4 is 10.6 Å². The summed E-state index contributed by atoms with van der Waals surface area (Å²) in [5.74, 6) is 1.78. The van der Waals surface area contributed by atoms with Gasteiger partial charge in [0.05, 0.1) is 0 Å². The van der Waals surface area contributed by atoms with Crippen molar-refractivity contribution in [1.82, 2.24) is 10.3 Å². The Balaban J connectivity index is 2.85. The molecular formula is C17H31N3. The lowest BCUT2D eigenvalue weighted by Crippen LogP contribution is -2.24. The van der Waals surface area contributed by atoms with E-state index < -0.39 is 0 Å². The van der Waals surface area contributed by atoms with Gasteiger partial charge in [0, 0.05) is 30.4 Å². The first-order valence-corrected chi connectivity index (χ1v) is 7.92. The Morgan fingerprint density at radius 3 is 2.35 bits per heavy atom. The highest BCUT2D eigenvalue weighted by molar-refractivity contribution is 5.49. The van der Waals surface area contributed by atoms with Crippen LogP contribution in [0.3, 0.4) is 0 Å². The zero-order valence-electron chi connectivity index (χ0n) is 14.0. The molecule has 1 aromatic heterocycles. The second-order valence-corrected chi connectivity index (χ2v) is 6.01. The smallest absolute Gasteiger partial charge is 0.131 e. The maximum absolute atomic E-state index is 4.70. The fourth-order valence-electron chi connectivity index (χ4n) is 2.36. The summed E-state index contributed by atoms with van der Waals surface area (Å²) in [6.07, 6.45) is 2.43.